The van der Waals surface area contributed by atoms with Crippen molar-refractivity contribution in [3.05, 3.63) is 34.6 Å². The summed E-state index contributed by atoms with van der Waals surface area (Å²) in [5.41, 5.74) is 2.53. The van der Waals surface area contributed by atoms with E-state index in [4.69, 9.17) is 11.6 Å². The number of benzene rings is 1. The molecule has 1 atom stereocenters. The van der Waals surface area contributed by atoms with Crippen molar-refractivity contribution in [2.75, 3.05) is 0 Å². The monoisotopic (exact) mass is 282 g/mol. The molecular formula is C17H24ClF. The van der Waals surface area contributed by atoms with Crippen LogP contribution in [0.4, 0.5) is 4.39 Å². The summed E-state index contributed by atoms with van der Waals surface area (Å²) >= 11 is 6.68. The van der Waals surface area contributed by atoms with Crippen LogP contribution in [-0.2, 0) is 0 Å². The molecule has 1 aromatic carbocycles. The molecule has 1 fully saturated rings. The summed E-state index contributed by atoms with van der Waals surface area (Å²) in [4.78, 5) is 0. The minimum absolute atomic E-state index is 0.0381. The first-order chi connectivity index (χ1) is 9.09. The van der Waals surface area contributed by atoms with Crippen LogP contribution in [-0.4, -0.2) is 0 Å². The Hall–Kier alpha value is -0.560. The van der Waals surface area contributed by atoms with E-state index >= 15 is 0 Å². The Morgan fingerprint density at radius 3 is 2.00 bits per heavy atom. The summed E-state index contributed by atoms with van der Waals surface area (Å²) in [5.74, 6) is 0.455. The molecule has 0 nitrogen and oxygen atoms in total. The molecular weight excluding hydrogens is 259 g/mol. The van der Waals surface area contributed by atoms with Crippen molar-refractivity contribution in [2.45, 2.75) is 64.2 Å². The van der Waals surface area contributed by atoms with Crippen LogP contribution in [0, 0.1) is 25.6 Å². The van der Waals surface area contributed by atoms with E-state index in [1.165, 1.54) is 44.9 Å². The summed E-state index contributed by atoms with van der Waals surface area (Å²) in [5, 5.41) is 0.0381. The van der Waals surface area contributed by atoms with Crippen LogP contribution in [0.5, 0.6) is 0 Å². The topological polar surface area (TPSA) is 0 Å². The molecule has 0 radical (unpaired) electrons. The maximum absolute atomic E-state index is 13.7. The highest BCUT2D eigenvalue weighted by Crippen LogP contribution is 2.38. The zero-order chi connectivity index (χ0) is 13.8. The van der Waals surface area contributed by atoms with E-state index in [9.17, 15) is 4.39 Å². The van der Waals surface area contributed by atoms with Crippen LogP contribution in [0.25, 0.3) is 0 Å². The van der Waals surface area contributed by atoms with Gasteiger partial charge in [-0.2, -0.15) is 0 Å². The average molecular weight is 283 g/mol. The molecule has 1 aromatic rings. The fourth-order valence-electron chi connectivity index (χ4n) is 3.19. The molecule has 1 unspecified atom stereocenters. The molecule has 0 aliphatic heterocycles. The summed E-state index contributed by atoms with van der Waals surface area (Å²) in [6.45, 7) is 3.65. The van der Waals surface area contributed by atoms with E-state index in [2.05, 4.69) is 0 Å². The standard InChI is InChI=1S/C17H24ClF/c1-12-10-15(11-13(2)17(12)19)16(18)14-8-6-4-3-5-7-9-14/h10-11,14,16H,3-9H2,1-2H3. The molecule has 106 valence electrons. The van der Waals surface area contributed by atoms with Gasteiger partial charge in [0, 0.05) is 0 Å². The highest BCUT2D eigenvalue weighted by Gasteiger charge is 2.22. The predicted octanol–water partition coefficient (Wildman–Crippen LogP) is 6.08. The van der Waals surface area contributed by atoms with E-state index < -0.39 is 0 Å². The molecule has 0 saturated heterocycles. The Morgan fingerprint density at radius 2 is 1.47 bits per heavy atom. The van der Waals surface area contributed by atoms with Gasteiger partial charge in [0.05, 0.1) is 5.38 Å². The maximum Gasteiger partial charge on any atom is 0.129 e. The summed E-state index contributed by atoms with van der Waals surface area (Å²) in [7, 11) is 0. The van der Waals surface area contributed by atoms with Gasteiger partial charge in [0.2, 0.25) is 0 Å². The van der Waals surface area contributed by atoms with Gasteiger partial charge in [0.1, 0.15) is 5.82 Å². The lowest BCUT2D eigenvalue weighted by atomic mass is 9.85. The van der Waals surface area contributed by atoms with Gasteiger partial charge in [0.25, 0.3) is 0 Å². The van der Waals surface area contributed by atoms with Crippen molar-refractivity contribution < 1.29 is 4.39 Å². The van der Waals surface area contributed by atoms with Gasteiger partial charge in [-0.15, -0.1) is 11.6 Å². The van der Waals surface area contributed by atoms with Crippen molar-refractivity contribution in [2.24, 2.45) is 5.92 Å². The first kappa shape index (κ1) is 14.8. The molecule has 0 bridgehead atoms. The Morgan fingerprint density at radius 1 is 1.00 bits per heavy atom. The van der Waals surface area contributed by atoms with Crippen LogP contribution in [0.3, 0.4) is 0 Å². The predicted molar refractivity (Wildman–Crippen MR) is 80.3 cm³/mol. The normalized spacial score (nSPS) is 19.8. The lowest BCUT2D eigenvalue weighted by Crippen LogP contribution is -2.11. The molecule has 0 amide bonds. The zero-order valence-corrected chi connectivity index (χ0v) is 12.8. The van der Waals surface area contributed by atoms with Crippen molar-refractivity contribution >= 4 is 11.6 Å². The van der Waals surface area contributed by atoms with Gasteiger partial charge in [-0.1, -0.05) is 44.2 Å². The van der Waals surface area contributed by atoms with Crippen LogP contribution in [0.2, 0.25) is 0 Å². The number of hydrogen-bond donors (Lipinski definition) is 0. The van der Waals surface area contributed by atoms with E-state index in [-0.39, 0.29) is 11.2 Å². The lowest BCUT2D eigenvalue weighted by molar-refractivity contribution is 0.368. The minimum atomic E-state index is -0.0923. The Bertz CT molecular complexity index is 396. The molecule has 2 heteroatoms. The fourth-order valence-corrected chi connectivity index (χ4v) is 3.57. The fraction of sp³-hybridized carbons (Fsp3) is 0.647. The second-order valence-electron chi connectivity index (χ2n) is 5.98. The number of hydrogen-bond acceptors (Lipinski definition) is 0. The molecule has 19 heavy (non-hydrogen) atoms. The van der Waals surface area contributed by atoms with Crippen molar-refractivity contribution in [3.63, 3.8) is 0 Å². The number of aryl methyl sites for hydroxylation is 2. The summed E-state index contributed by atoms with van der Waals surface area (Å²) in [6.07, 6.45) is 9.03. The molecule has 1 aliphatic rings. The Kier molecular flexibility index (Phi) is 5.27. The summed E-state index contributed by atoms with van der Waals surface area (Å²) in [6, 6.07) is 3.86. The van der Waals surface area contributed by atoms with E-state index in [1.807, 2.05) is 26.0 Å². The molecule has 0 aromatic heterocycles. The molecule has 0 N–H and O–H groups in total. The smallest absolute Gasteiger partial charge is 0.129 e. The van der Waals surface area contributed by atoms with Crippen molar-refractivity contribution in [1.29, 1.82) is 0 Å². The third-order valence-corrected chi connectivity index (χ3v) is 4.95. The van der Waals surface area contributed by atoms with E-state index in [0.717, 1.165) is 5.56 Å². The highest BCUT2D eigenvalue weighted by atomic mass is 35.5. The minimum Gasteiger partial charge on any atom is -0.206 e. The zero-order valence-electron chi connectivity index (χ0n) is 12.0. The SMILES string of the molecule is Cc1cc(C(Cl)C2CCCCCCC2)cc(C)c1F. The van der Waals surface area contributed by atoms with Crippen LogP contribution in [0.1, 0.15) is 67.0 Å². The first-order valence-corrected chi connectivity index (χ1v) is 7.94. The largest absolute Gasteiger partial charge is 0.206 e. The molecule has 0 spiro atoms. The van der Waals surface area contributed by atoms with Gasteiger partial charge in [-0.3, -0.25) is 0 Å². The number of halogens is 2. The van der Waals surface area contributed by atoms with Gasteiger partial charge in [-0.25, -0.2) is 4.39 Å². The quantitative estimate of drug-likeness (QED) is 0.576. The van der Waals surface area contributed by atoms with Crippen molar-refractivity contribution in [3.8, 4) is 0 Å². The second kappa shape index (κ2) is 6.74. The van der Waals surface area contributed by atoms with Crippen LogP contribution in [0.15, 0.2) is 12.1 Å². The molecule has 2 rings (SSSR count). The van der Waals surface area contributed by atoms with Gasteiger partial charge >= 0.3 is 0 Å². The molecule has 0 heterocycles. The average Bonchev–Trinajstić information content (AvgIpc) is 2.34. The Labute approximate surface area is 121 Å². The molecule has 1 aliphatic carbocycles. The third-order valence-electron chi connectivity index (χ3n) is 4.34. The van der Waals surface area contributed by atoms with Crippen LogP contribution >= 0.6 is 11.6 Å². The third kappa shape index (κ3) is 3.72. The second-order valence-corrected chi connectivity index (χ2v) is 6.45. The summed E-state index contributed by atoms with van der Waals surface area (Å²) < 4.78 is 13.7. The van der Waals surface area contributed by atoms with Gasteiger partial charge in [-0.05, 0) is 49.3 Å². The van der Waals surface area contributed by atoms with Gasteiger partial charge in [0.15, 0.2) is 0 Å². The van der Waals surface area contributed by atoms with Crippen LogP contribution < -0.4 is 0 Å². The maximum atomic E-state index is 13.7. The van der Waals surface area contributed by atoms with Gasteiger partial charge < -0.3 is 0 Å². The highest BCUT2D eigenvalue weighted by molar-refractivity contribution is 6.21. The Balaban J connectivity index is 2.15. The lowest BCUT2D eigenvalue weighted by Gasteiger charge is -2.25. The number of alkyl halides is 1. The molecule has 1 saturated carbocycles. The van der Waals surface area contributed by atoms with E-state index in [1.54, 1.807) is 0 Å². The number of rotatable bonds is 2. The first-order valence-electron chi connectivity index (χ1n) is 7.50. The van der Waals surface area contributed by atoms with E-state index in [0.29, 0.717) is 17.0 Å². The van der Waals surface area contributed by atoms with Crippen molar-refractivity contribution in [1.82, 2.24) is 0 Å².